The van der Waals surface area contributed by atoms with Gasteiger partial charge in [-0.1, -0.05) is 6.07 Å². The number of nitro benzene ring substituents is 1. The molecule has 0 unspecified atom stereocenters. The summed E-state index contributed by atoms with van der Waals surface area (Å²) in [5, 5.41) is 11.1. The monoisotopic (exact) mass is 387 g/mol. The Morgan fingerprint density at radius 2 is 1.82 bits per heavy atom. The molecule has 2 aromatic carbocycles. The molecule has 0 N–H and O–H groups in total. The predicted molar refractivity (Wildman–Crippen MR) is 107 cm³/mol. The zero-order chi connectivity index (χ0) is 20.8. The largest absolute Gasteiger partial charge is 0.493 e. The van der Waals surface area contributed by atoms with Gasteiger partial charge in [-0.25, -0.2) is 0 Å². The highest BCUT2D eigenvalue weighted by Crippen LogP contribution is 2.29. The lowest BCUT2D eigenvalue weighted by atomic mass is 10.1. The Balaban J connectivity index is 2.30. The van der Waals surface area contributed by atoms with E-state index in [-0.39, 0.29) is 17.2 Å². The van der Waals surface area contributed by atoms with Crippen molar-refractivity contribution < 1.29 is 19.2 Å². The van der Waals surface area contributed by atoms with Crippen LogP contribution < -0.4 is 14.4 Å². The van der Waals surface area contributed by atoms with E-state index in [1.54, 1.807) is 45.3 Å². The summed E-state index contributed by atoms with van der Waals surface area (Å²) in [6, 6.07) is 9.76. The van der Waals surface area contributed by atoms with E-state index in [4.69, 9.17) is 9.47 Å². The minimum atomic E-state index is -0.506. The average molecular weight is 387 g/mol. The van der Waals surface area contributed by atoms with Gasteiger partial charge in [0, 0.05) is 45.5 Å². The van der Waals surface area contributed by atoms with E-state index in [2.05, 4.69) is 0 Å². The Bertz CT molecular complexity index is 867. The standard InChI is InChI=1S/C20H25N3O5/c1-6-28-18-10-7-14(11-19(18)27-5)13-22(4)20(24)16-12-15(23(25)26)8-9-17(16)21(2)3/h7-12H,6,13H2,1-5H3. The zero-order valence-electron chi connectivity index (χ0n) is 16.8. The summed E-state index contributed by atoms with van der Waals surface area (Å²) in [7, 11) is 6.79. The van der Waals surface area contributed by atoms with Crippen molar-refractivity contribution in [1.82, 2.24) is 4.90 Å². The van der Waals surface area contributed by atoms with Crippen LogP contribution in [0.2, 0.25) is 0 Å². The fourth-order valence-corrected chi connectivity index (χ4v) is 2.84. The van der Waals surface area contributed by atoms with E-state index in [1.165, 1.54) is 17.0 Å². The van der Waals surface area contributed by atoms with Crippen molar-refractivity contribution in [2.45, 2.75) is 13.5 Å². The maximum absolute atomic E-state index is 13.0. The van der Waals surface area contributed by atoms with Crippen molar-refractivity contribution in [3.05, 3.63) is 57.6 Å². The quantitative estimate of drug-likeness (QED) is 0.510. The minimum Gasteiger partial charge on any atom is -0.493 e. The minimum absolute atomic E-state index is 0.120. The molecule has 2 aromatic rings. The number of ether oxygens (including phenoxy) is 2. The van der Waals surface area contributed by atoms with Crippen LogP contribution in [0.1, 0.15) is 22.8 Å². The first-order valence-corrected chi connectivity index (χ1v) is 8.79. The number of carbonyl (C=O) groups excluding carboxylic acids is 1. The molecule has 8 nitrogen and oxygen atoms in total. The van der Waals surface area contributed by atoms with Crippen LogP contribution in [0.4, 0.5) is 11.4 Å². The summed E-state index contributed by atoms with van der Waals surface area (Å²) in [5.41, 5.74) is 1.63. The number of nitrogens with zero attached hydrogens (tertiary/aromatic N) is 3. The number of benzene rings is 2. The first kappa shape index (κ1) is 21.0. The maximum Gasteiger partial charge on any atom is 0.270 e. The third kappa shape index (κ3) is 4.70. The van der Waals surface area contributed by atoms with Gasteiger partial charge in [0.05, 0.1) is 24.2 Å². The van der Waals surface area contributed by atoms with Crippen LogP contribution in [0.15, 0.2) is 36.4 Å². The second kappa shape index (κ2) is 9.07. The number of anilines is 1. The molecule has 1 amide bonds. The second-order valence-electron chi connectivity index (χ2n) is 6.43. The molecule has 2 rings (SSSR count). The van der Waals surface area contributed by atoms with Crippen molar-refractivity contribution in [2.75, 3.05) is 39.8 Å². The smallest absolute Gasteiger partial charge is 0.270 e. The fraction of sp³-hybridized carbons (Fsp3) is 0.350. The van der Waals surface area contributed by atoms with Crippen LogP contribution >= 0.6 is 0 Å². The van der Waals surface area contributed by atoms with Crippen LogP contribution in [-0.2, 0) is 6.54 Å². The van der Waals surface area contributed by atoms with Crippen LogP contribution in [0.3, 0.4) is 0 Å². The lowest BCUT2D eigenvalue weighted by Gasteiger charge is -2.22. The SMILES string of the molecule is CCOc1ccc(CN(C)C(=O)c2cc([N+](=O)[O-])ccc2N(C)C)cc1OC. The zero-order valence-corrected chi connectivity index (χ0v) is 16.8. The summed E-state index contributed by atoms with van der Waals surface area (Å²) >= 11 is 0. The van der Waals surface area contributed by atoms with Gasteiger partial charge in [0.2, 0.25) is 0 Å². The normalized spacial score (nSPS) is 10.3. The molecule has 0 aliphatic heterocycles. The van der Waals surface area contributed by atoms with Gasteiger partial charge in [-0.3, -0.25) is 14.9 Å². The molecule has 0 saturated carbocycles. The van der Waals surface area contributed by atoms with E-state index in [0.29, 0.717) is 30.3 Å². The number of methoxy groups -OCH3 is 1. The molecule has 28 heavy (non-hydrogen) atoms. The molecule has 0 aromatic heterocycles. The molecule has 8 heteroatoms. The lowest BCUT2D eigenvalue weighted by molar-refractivity contribution is -0.384. The fourth-order valence-electron chi connectivity index (χ4n) is 2.84. The van der Waals surface area contributed by atoms with Crippen molar-refractivity contribution in [1.29, 1.82) is 0 Å². The molecule has 0 radical (unpaired) electrons. The van der Waals surface area contributed by atoms with E-state index in [9.17, 15) is 14.9 Å². The first-order valence-electron chi connectivity index (χ1n) is 8.79. The lowest BCUT2D eigenvalue weighted by Crippen LogP contribution is -2.28. The van der Waals surface area contributed by atoms with Crippen molar-refractivity contribution in [2.24, 2.45) is 0 Å². The number of amides is 1. The van der Waals surface area contributed by atoms with Crippen LogP contribution in [0.5, 0.6) is 11.5 Å². The van der Waals surface area contributed by atoms with Crippen LogP contribution in [0.25, 0.3) is 0 Å². The summed E-state index contributed by atoms with van der Waals surface area (Å²) in [6.07, 6.45) is 0. The highest BCUT2D eigenvalue weighted by Gasteiger charge is 2.21. The topological polar surface area (TPSA) is 85.1 Å². The molecule has 0 fully saturated rings. The van der Waals surface area contributed by atoms with E-state index >= 15 is 0 Å². The molecule has 0 heterocycles. The molecule has 0 aliphatic rings. The van der Waals surface area contributed by atoms with Gasteiger partial charge in [0.1, 0.15) is 0 Å². The van der Waals surface area contributed by atoms with E-state index in [1.807, 2.05) is 19.1 Å². The van der Waals surface area contributed by atoms with Crippen molar-refractivity contribution in [3.8, 4) is 11.5 Å². The number of nitro groups is 1. The summed E-state index contributed by atoms with van der Waals surface area (Å²) in [6.45, 7) is 2.73. The van der Waals surface area contributed by atoms with E-state index in [0.717, 1.165) is 5.56 Å². The first-order chi connectivity index (χ1) is 13.3. The third-order valence-electron chi connectivity index (χ3n) is 4.20. The Kier molecular flexibility index (Phi) is 6.81. The Morgan fingerprint density at radius 3 is 2.39 bits per heavy atom. The van der Waals surface area contributed by atoms with Gasteiger partial charge < -0.3 is 19.3 Å². The second-order valence-corrected chi connectivity index (χ2v) is 6.43. The van der Waals surface area contributed by atoms with E-state index < -0.39 is 4.92 Å². The predicted octanol–water partition coefficient (Wildman–Crippen LogP) is 3.34. The molecule has 0 aliphatic carbocycles. The van der Waals surface area contributed by atoms with Gasteiger partial charge in [0.15, 0.2) is 11.5 Å². The third-order valence-corrected chi connectivity index (χ3v) is 4.20. The van der Waals surface area contributed by atoms with Crippen LogP contribution in [-0.4, -0.2) is 50.6 Å². The molecule has 0 saturated heterocycles. The average Bonchev–Trinajstić information content (AvgIpc) is 2.67. The number of hydrogen-bond acceptors (Lipinski definition) is 6. The van der Waals surface area contributed by atoms with Gasteiger partial charge in [-0.15, -0.1) is 0 Å². The summed E-state index contributed by atoms with van der Waals surface area (Å²) in [4.78, 5) is 26.9. The number of carbonyl (C=O) groups is 1. The molecular weight excluding hydrogens is 362 g/mol. The number of hydrogen-bond donors (Lipinski definition) is 0. The molecule has 0 spiro atoms. The maximum atomic E-state index is 13.0. The van der Waals surface area contributed by atoms with Crippen LogP contribution in [0, 0.1) is 10.1 Å². The van der Waals surface area contributed by atoms with Gasteiger partial charge in [0.25, 0.3) is 11.6 Å². The van der Waals surface area contributed by atoms with Gasteiger partial charge in [-0.05, 0) is 30.7 Å². The Morgan fingerprint density at radius 1 is 1.11 bits per heavy atom. The van der Waals surface area contributed by atoms with Crippen molar-refractivity contribution in [3.63, 3.8) is 0 Å². The number of non-ortho nitro benzene ring substituents is 1. The number of rotatable bonds is 8. The highest BCUT2D eigenvalue weighted by atomic mass is 16.6. The summed E-state index contributed by atoms with van der Waals surface area (Å²) < 4.78 is 10.9. The molecular formula is C20H25N3O5. The molecule has 0 bridgehead atoms. The Hall–Kier alpha value is -3.29. The highest BCUT2D eigenvalue weighted by molar-refractivity contribution is 6.00. The Labute approximate surface area is 164 Å². The molecule has 0 atom stereocenters. The van der Waals surface area contributed by atoms with Gasteiger partial charge in [-0.2, -0.15) is 0 Å². The van der Waals surface area contributed by atoms with Gasteiger partial charge >= 0.3 is 0 Å². The van der Waals surface area contributed by atoms with Crippen molar-refractivity contribution >= 4 is 17.3 Å². The molecule has 150 valence electrons. The summed E-state index contributed by atoms with van der Waals surface area (Å²) in [5.74, 6) is 0.918.